The Balaban J connectivity index is 1.41. The highest BCUT2D eigenvalue weighted by molar-refractivity contribution is 5.44. The van der Waals surface area contributed by atoms with Crippen molar-refractivity contribution >= 4 is 0 Å². The number of hydrogen-bond donors (Lipinski definition) is 1. The van der Waals surface area contributed by atoms with Gasteiger partial charge in [0.25, 0.3) is 0 Å². The van der Waals surface area contributed by atoms with Crippen LogP contribution in [0.5, 0.6) is 17.4 Å². The lowest BCUT2D eigenvalue weighted by molar-refractivity contribution is 0.00545. The molecule has 1 aliphatic heterocycles. The Labute approximate surface area is 213 Å². The average Bonchev–Trinajstić information content (AvgIpc) is 3.71. The number of morpholine rings is 1. The van der Waals surface area contributed by atoms with Gasteiger partial charge in [-0.25, -0.2) is 4.68 Å². The Hall–Kier alpha value is -2.91. The summed E-state index contributed by atoms with van der Waals surface area (Å²) in [6, 6.07) is 18.2. The summed E-state index contributed by atoms with van der Waals surface area (Å²) in [5.41, 5.74) is 2.90. The van der Waals surface area contributed by atoms with Gasteiger partial charge in [-0.3, -0.25) is 9.80 Å². The van der Waals surface area contributed by atoms with E-state index in [-0.39, 0.29) is 0 Å². The smallest absolute Gasteiger partial charge is 0.227 e. The molecule has 1 aromatic heterocycles. The van der Waals surface area contributed by atoms with Crippen LogP contribution in [0.15, 0.2) is 54.6 Å². The molecule has 1 saturated heterocycles. The molecule has 2 fully saturated rings. The van der Waals surface area contributed by atoms with E-state index in [2.05, 4.69) is 9.80 Å². The Bertz CT molecular complexity index is 1130. The molecule has 36 heavy (non-hydrogen) atoms. The highest BCUT2D eigenvalue weighted by Crippen LogP contribution is 2.35. The first-order valence-corrected chi connectivity index (χ1v) is 12.8. The van der Waals surface area contributed by atoms with Crippen LogP contribution >= 0.6 is 0 Å². The summed E-state index contributed by atoms with van der Waals surface area (Å²) in [7, 11) is 1.65. The van der Waals surface area contributed by atoms with Crippen molar-refractivity contribution in [2.45, 2.75) is 38.5 Å². The number of aliphatic hydroxyl groups is 1. The summed E-state index contributed by atoms with van der Waals surface area (Å²) < 4.78 is 19.2. The van der Waals surface area contributed by atoms with Crippen LogP contribution in [0.3, 0.4) is 0 Å². The minimum atomic E-state index is -0.420. The normalized spacial score (nSPS) is 17.3. The molecule has 2 aliphatic rings. The lowest BCUT2D eigenvalue weighted by Crippen LogP contribution is -2.45. The van der Waals surface area contributed by atoms with Crippen molar-refractivity contribution in [2.75, 3.05) is 46.5 Å². The molecule has 5 rings (SSSR count). The molecule has 3 aromatic rings. The van der Waals surface area contributed by atoms with Gasteiger partial charge in [0.05, 0.1) is 43.4 Å². The van der Waals surface area contributed by atoms with E-state index < -0.39 is 6.10 Å². The minimum Gasteiger partial charge on any atom is -0.497 e. The number of β-amino-alcohol motifs (C(OH)–C–C–N with tert-alkyl or cyclic N) is 1. The zero-order valence-corrected chi connectivity index (χ0v) is 21.2. The number of nitrogens with zero attached hydrogens (tertiary/aromatic N) is 4. The van der Waals surface area contributed by atoms with Gasteiger partial charge in [-0.1, -0.05) is 24.3 Å². The molecule has 0 bridgehead atoms. The highest BCUT2D eigenvalue weighted by Gasteiger charge is 2.33. The molecule has 192 valence electrons. The van der Waals surface area contributed by atoms with E-state index in [0.29, 0.717) is 37.3 Å². The number of methoxy groups -OCH3 is 1. The van der Waals surface area contributed by atoms with Gasteiger partial charge in [0.1, 0.15) is 11.5 Å². The van der Waals surface area contributed by atoms with Crippen molar-refractivity contribution in [2.24, 2.45) is 0 Å². The monoisotopic (exact) mass is 492 g/mol. The van der Waals surface area contributed by atoms with Crippen LogP contribution in [0, 0.1) is 6.92 Å². The third-order valence-corrected chi connectivity index (χ3v) is 6.84. The molecular formula is C28H36N4O4. The second kappa shape index (κ2) is 11.4. The number of rotatable bonds is 11. The maximum absolute atomic E-state index is 11.0. The number of benzene rings is 2. The van der Waals surface area contributed by atoms with Crippen molar-refractivity contribution in [3.8, 4) is 23.1 Å². The summed E-state index contributed by atoms with van der Waals surface area (Å²) >= 11 is 0. The number of para-hydroxylation sites is 1. The van der Waals surface area contributed by atoms with E-state index in [9.17, 15) is 5.11 Å². The molecule has 0 spiro atoms. The molecule has 2 aromatic carbocycles. The van der Waals surface area contributed by atoms with Crippen molar-refractivity contribution in [3.63, 3.8) is 0 Å². The Morgan fingerprint density at radius 2 is 1.83 bits per heavy atom. The zero-order chi connectivity index (χ0) is 24.9. The van der Waals surface area contributed by atoms with Gasteiger partial charge in [-0.05, 0) is 44.0 Å². The molecule has 8 heteroatoms. The van der Waals surface area contributed by atoms with Gasteiger partial charge in [0, 0.05) is 44.8 Å². The van der Waals surface area contributed by atoms with Crippen molar-refractivity contribution in [1.82, 2.24) is 19.6 Å². The molecule has 0 unspecified atom stereocenters. The minimum absolute atomic E-state index is 0.420. The lowest BCUT2D eigenvalue weighted by Gasteiger charge is -2.31. The number of hydrogen-bond acceptors (Lipinski definition) is 7. The van der Waals surface area contributed by atoms with Gasteiger partial charge in [0.15, 0.2) is 0 Å². The number of aliphatic hydroxyl groups excluding tert-OH is 1. The van der Waals surface area contributed by atoms with Crippen LogP contribution in [-0.4, -0.2) is 83.3 Å². The fraction of sp³-hybridized carbons (Fsp3) is 0.464. The molecule has 1 atom stereocenters. The van der Waals surface area contributed by atoms with Gasteiger partial charge in [0.2, 0.25) is 5.88 Å². The molecule has 1 saturated carbocycles. The van der Waals surface area contributed by atoms with E-state index in [1.165, 1.54) is 0 Å². The van der Waals surface area contributed by atoms with E-state index in [1.807, 2.05) is 66.2 Å². The fourth-order valence-corrected chi connectivity index (χ4v) is 4.74. The summed E-state index contributed by atoms with van der Waals surface area (Å²) in [6.07, 6.45) is 1.89. The summed E-state index contributed by atoms with van der Waals surface area (Å²) in [4.78, 5) is 4.68. The van der Waals surface area contributed by atoms with Crippen molar-refractivity contribution < 1.29 is 19.3 Å². The van der Waals surface area contributed by atoms with Crippen molar-refractivity contribution in [1.29, 1.82) is 0 Å². The van der Waals surface area contributed by atoms with Crippen LogP contribution in [-0.2, 0) is 11.3 Å². The van der Waals surface area contributed by atoms with Gasteiger partial charge in [-0.15, -0.1) is 0 Å². The van der Waals surface area contributed by atoms with Gasteiger partial charge in [-0.2, -0.15) is 5.10 Å². The first-order chi connectivity index (χ1) is 17.6. The molecule has 1 N–H and O–H groups in total. The van der Waals surface area contributed by atoms with Gasteiger partial charge >= 0.3 is 0 Å². The first kappa shape index (κ1) is 24.8. The van der Waals surface area contributed by atoms with Crippen LogP contribution in [0.25, 0.3) is 5.69 Å². The Morgan fingerprint density at radius 3 is 2.56 bits per heavy atom. The number of ether oxygens (including phenoxy) is 3. The van der Waals surface area contributed by atoms with Crippen LogP contribution in [0.2, 0.25) is 0 Å². The summed E-state index contributed by atoms with van der Waals surface area (Å²) in [5.74, 6) is 2.13. The third-order valence-electron chi connectivity index (χ3n) is 6.84. The van der Waals surface area contributed by atoms with Crippen LogP contribution in [0.4, 0.5) is 0 Å². The fourth-order valence-electron chi connectivity index (χ4n) is 4.74. The van der Waals surface area contributed by atoms with Crippen molar-refractivity contribution in [3.05, 3.63) is 65.9 Å². The molecule has 0 amide bonds. The number of aromatic nitrogens is 2. The Morgan fingerprint density at radius 1 is 1.08 bits per heavy atom. The lowest BCUT2D eigenvalue weighted by atomic mass is 10.2. The van der Waals surface area contributed by atoms with E-state index in [4.69, 9.17) is 19.3 Å². The van der Waals surface area contributed by atoms with E-state index in [0.717, 1.165) is 61.8 Å². The third kappa shape index (κ3) is 6.07. The summed E-state index contributed by atoms with van der Waals surface area (Å²) in [5, 5.41) is 15.8. The zero-order valence-electron chi connectivity index (χ0n) is 21.2. The van der Waals surface area contributed by atoms with E-state index in [1.54, 1.807) is 7.11 Å². The maximum atomic E-state index is 11.0. The molecule has 8 nitrogen and oxygen atoms in total. The predicted molar refractivity (Wildman–Crippen MR) is 138 cm³/mol. The van der Waals surface area contributed by atoms with E-state index >= 15 is 0 Å². The maximum Gasteiger partial charge on any atom is 0.227 e. The Kier molecular flexibility index (Phi) is 7.87. The molecule has 2 heterocycles. The SMILES string of the molecule is COc1cccc(Oc2c(CN(C[C@@H](O)CN3CCOCC3)C3CC3)c(C)nn2-c2ccccc2)c1. The quantitative estimate of drug-likeness (QED) is 0.438. The molecule has 0 radical (unpaired) electrons. The van der Waals surface area contributed by atoms with Crippen LogP contribution in [0.1, 0.15) is 24.1 Å². The van der Waals surface area contributed by atoms with Crippen LogP contribution < -0.4 is 9.47 Å². The average molecular weight is 493 g/mol. The largest absolute Gasteiger partial charge is 0.497 e. The molecule has 1 aliphatic carbocycles. The molecular weight excluding hydrogens is 456 g/mol. The first-order valence-electron chi connectivity index (χ1n) is 12.8. The highest BCUT2D eigenvalue weighted by atomic mass is 16.5. The standard InChI is InChI=1S/C28H36N4O4/c1-21-27(20-31(22-11-12-22)19-24(33)18-30-13-15-35-16-14-30)28(32(29-21)23-7-4-3-5-8-23)36-26-10-6-9-25(17-26)34-2/h3-10,17,22,24,33H,11-16,18-20H2,1-2H3/t24-/m0/s1. The second-order valence-electron chi connectivity index (χ2n) is 9.62. The predicted octanol–water partition coefficient (Wildman–Crippen LogP) is 3.64. The number of aryl methyl sites for hydroxylation is 1. The summed E-state index contributed by atoms with van der Waals surface area (Å²) in [6.45, 7) is 7.22. The topological polar surface area (TPSA) is 72.2 Å². The second-order valence-corrected chi connectivity index (χ2v) is 9.62. The van der Waals surface area contributed by atoms with Gasteiger partial charge < -0.3 is 19.3 Å².